The summed E-state index contributed by atoms with van der Waals surface area (Å²) < 4.78 is 11.8. The Bertz CT molecular complexity index is 880. The molecule has 1 heterocycles. The topological polar surface area (TPSA) is 60.5 Å². The van der Waals surface area contributed by atoms with Crippen LogP contribution < -0.4 is 10.1 Å². The van der Waals surface area contributed by atoms with E-state index in [1.807, 2.05) is 18.2 Å². The van der Waals surface area contributed by atoms with Crippen molar-refractivity contribution in [2.45, 2.75) is 19.3 Å². The average Bonchev–Trinajstić information content (AvgIpc) is 3.07. The fourth-order valence-electron chi connectivity index (χ4n) is 2.62. The molecular formula is C20H21ClN2O3S. The van der Waals surface area contributed by atoms with Gasteiger partial charge >= 0.3 is 0 Å². The van der Waals surface area contributed by atoms with Crippen LogP contribution in [0.5, 0.6) is 5.75 Å². The number of hydrogen-bond acceptors (Lipinski definition) is 5. The molecule has 27 heavy (non-hydrogen) atoms. The Labute approximate surface area is 167 Å². The first-order chi connectivity index (χ1) is 13.2. The number of para-hydroxylation sites is 2. The standard InChI is InChI=1S/C20H21ClN2O3S/c1-25-12-13-26-20-14(21)6-4-8-16(20)22-18(24)10-5-11-19-23-15-7-2-3-9-17(15)27-19/h2-4,6-9H,5,10-13H2,1H3,(H,22,24). The van der Waals surface area contributed by atoms with Gasteiger partial charge < -0.3 is 14.8 Å². The zero-order chi connectivity index (χ0) is 19.1. The highest BCUT2D eigenvalue weighted by Gasteiger charge is 2.12. The van der Waals surface area contributed by atoms with E-state index in [1.54, 1.807) is 36.6 Å². The van der Waals surface area contributed by atoms with Gasteiger partial charge in [-0.15, -0.1) is 11.3 Å². The highest BCUT2D eigenvalue weighted by Crippen LogP contribution is 2.33. The van der Waals surface area contributed by atoms with E-state index in [2.05, 4.69) is 16.4 Å². The van der Waals surface area contributed by atoms with Gasteiger partial charge in [0.25, 0.3) is 0 Å². The molecule has 0 spiro atoms. The third-order valence-electron chi connectivity index (χ3n) is 3.91. The van der Waals surface area contributed by atoms with Crippen LogP contribution in [0.2, 0.25) is 5.02 Å². The molecule has 0 unspecified atom stereocenters. The van der Waals surface area contributed by atoms with Crippen LogP contribution in [-0.4, -0.2) is 31.2 Å². The SMILES string of the molecule is COCCOc1c(Cl)cccc1NC(=O)CCCc1nc2ccccc2s1. The van der Waals surface area contributed by atoms with Crippen LogP contribution in [0, 0.1) is 0 Å². The van der Waals surface area contributed by atoms with Gasteiger partial charge in [-0.1, -0.05) is 29.8 Å². The maximum Gasteiger partial charge on any atom is 0.224 e. The van der Waals surface area contributed by atoms with E-state index in [1.165, 1.54) is 4.70 Å². The second-order valence-corrected chi connectivity index (χ2v) is 7.46. The molecule has 1 amide bonds. The number of benzene rings is 2. The van der Waals surface area contributed by atoms with Gasteiger partial charge in [-0.2, -0.15) is 0 Å². The van der Waals surface area contributed by atoms with Crippen molar-refractivity contribution in [2.75, 3.05) is 25.6 Å². The van der Waals surface area contributed by atoms with Gasteiger partial charge in [-0.25, -0.2) is 4.98 Å². The number of fused-ring (bicyclic) bond motifs is 1. The second-order valence-electron chi connectivity index (χ2n) is 5.93. The summed E-state index contributed by atoms with van der Waals surface area (Å²) in [6.45, 7) is 0.807. The Hall–Kier alpha value is -2.15. The number of nitrogens with one attached hydrogen (secondary N) is 1. The summed E-state index contributed by atoms with van der Waals surface area (Å²) in [5.41, 5.74) is 1.59. The van der Waals surface area contributed by atoms with Gasteiger partial charge in [0.05, 0.1) is 32.5 Å². The molecule has 0 aliphatic carbocycles. The minimum absolute atomic E-state index is 0.0741. The lowest BCUT2D eigenvalue weighted by molar-refractivity contribution is -0.116. The summed E-state index contributed by atoms with van der Waals surface area (Å²) in [5, 5.41) is 4.39. The van der Waals surface area contributed by atoms with Crippen LogP contribution in [0.15, 0.2) is 42.5 Å². The van der Waals surface area contributed by atoms with Gasteiger partial charge in [0, 0.05) is 13.5 Å². The van der Waals surface area contributed by atoms with E-state index in [-0.39, 0.29) is 5.91 Å². The maximum atomic E-state index is 12.3. The average molecular weight is 405 g/mol. The number of ether oxygens (including phenoxy) is 2. The highest BCUT2D eigenvalue weighted by molar-refractivity contribution is 7.18. The normalized spacial score (nSPS) is 10.9. The first-order valence-corrected chi connectivity index (χ1v) is 9.91. The number of hydrogen-bond donors (Lipinski definition) is 1. The van der Waals surface area contributed by atoms with Crippen molar-refractivity contribution in [2.24, 2.45) is 0 Å². The molecule has 1 N–H and O–H groups in total. The second kappa shape index (κ2) is 9.69. The molecule has 0 aliphatic heterocycles. The third-order valence-corrected chi connectivity index (χ3v) is 5.30. The van der Waals surface area contributed by atoms with Crippen molar-refractivity contribution in [1.82, 2.24) is 4.98 Å². The van der Waals surface area contributed by atoms with E-state index >= 15 is 0 Å². The van der Waals surface area contributed by atoms with Crippen molar-refractivity contribution in [3.63, 3.8) is 0 Å². The number of methoxy groups -OCH3 is 1. The van der Waals surface area contributed by atoms with E-state index in [0.29, 0.717) is 36.1 Å². The van der Waals surface area contributed by atoms with Gasteiger partial charge in [0.1, 0.15) is 6.61 Å². The lowest BCUT2D eigenvalue weighted by atomic mass is 10.2. The largest absolute Gasteiger partial charge is 0.487 e. The van der Waals surface area contributed by atoms with E-state index in [4.69, 9.17) is 21.1 Å². The Morgan fingerprint density at radius 2 is 2.04 bits per heavy atom. The molecule has 0 fully saturated rings. The lowest BCUT2D eigenvalue weighted by Crippen LogP contribution is -2.13. The number of halogens is 1. The molecule has 142 valence electrons. The highest BCUT2D eigenvalue weighted by atomic mass is 35.5. The number of anilines is 1. The minimum Gasteiger partial charge on any atom is -0.487 e. The molecule has 3 rings (SSSR count). The summed E-state index contributed by atoms with van der Waals surface area (Å²) in [6.07, 6.45) is 1.91. The molecule has 0 atom stereocenters. The van der Waals surface area contributed by atoms with E-state index in [0.717, 1.165) is 23.4 Å². The van der Waals surface area contributed by atoms with Gasteiger partial charge in [-0.3, -0.25) is 4.79 Å². The van der Waals surface area contributed by atoms with Gasteiger partial charge in [0.15, 0.2) is 5.75 Å². The third kappa shape index (κ3) is 5.42. The van der Waals surface area contributed by atoms with Crippen LogP contribution in [0.1, 0.15) is 17.8 Å². The number of thiazole rings is 1. The number of aryl methyl sites for hydroxylation is 1. The summed E-state index contributed by atoms with van der Waals surface area (Å²) in [6, 6.07) is 13.3. The van der Waals surface area contributed by atoms with Crippen molar-refractivity contribution < 1.29 is 14.3 Å². The van der Waals surface area contributed by atoms with E-state index < -0.39 is 0 Å². The molecule has 0 radical (unpaired) electrons. The molecule has 3 aromatic rings. The van der Waals surface area contributed by atoms with Crippen LogP contribution in [0.25, 0.3) is 10.2 Å². The predicted molar refractivity (Wildman–Crippen MR) is 110 cm³/mol. The lowest BCUT2D eigenvalue weighted by Gasteiger charge is -2.13. The summed E-state index contributed by atoms with van der Waals surface area (Å²) >= 11 is 7.87. The smallest absolute Gasteiger partial charge is 0.224 e. The molecule has 5 nitrogen and oxygen atoms in total. The Morgan fingerprint density at radius 1 is 1.19 bits per heavy atom. The van der Waals surface area contributed by atoms with Crippen molar-refractivity contribution >= 4 is 44.7 Å². The zero-order valence-electron chi connectivity index (χ0n) is 15.0. The summed E-state index contributed by atoms with van der Waals surface area (Å²) in [7, 11) is 1.60. The summed E-state index contributed by atoms with van der Waals surface area (Å²) in [4.78, 5) is 16.9. The molecule has 7 heteroatoms. The van der Waals surface area contributed by atoms with Crippen LogP contribution in [0.3, 0.4) is 0 Å². The number of rotatable bonds is 9. The van der Waals surface area contributed by atoms with Crippen LogP contribution in [0.4, 0.5) is 5.69 Å². The zero-order valence-corrected chi connectivity index (χ0v) is 16.6. The molecule has 2 aromatic carbocycles. The first-order valence-electron chi connectivity index (χ1n) is 8.72. The number of carbonyl (C=O) groups excluding carboxylic acids is 1. The number of aromatic nitrogens is 1. The van der Waals surface area contributed by atoms with Crippen LogP contribution >= 0.6 is 22.9 Å². The minimum atomic E-state index is -0.0741. The Kier molecular flexibility index (Phi) is 7.04. The van der Waals surface area contributed by atoms with E-state index in [9.17, 15) is 4.79 Å². The fourth-order valence-corrected chi connectivity index (χ4v) is 3.86. The number of nitrogens with zero attached hydrogens (tertiary/aromatic N) is 1. The summed E-state index contributed by atoms with van der Waals surface area (Å²) in [5.74, 6) is 0.394. The molecule has 0 saturated heterocycles. The molecule has 0 saturated carbocycles. The Morgan fingerprint density at radius 3 is 2.85 bits per heavy atom. The maximum absolute atomic E-state index is 12.3. The quantitative estimate of drug-likeness (QED) is 0.513. The number of amides is 1. The predicted octanol–water partition coefficient (Wildman–Crippen LogP) is 4.94. The molecule has 0 bridgehead atoms. The number of carbonyl (C=O) groups is 1. The van der Waals surface area contributed by atoms with Gasteiger partial charge in [-0.05, 0) is 37.1 Å². The van der Waals surface area contributed by atoms with Crippen molar-refractivity contribution in [3.05, 3.63) is 52.5 Å². The fraction of sp³-hybridized carbons (Fsp3) is 0.300. The Balaban J connectivity index is 1.53. The molecular weight excluding hydrogens is 384 g/mol. The van der Waals surface area contributed by atoms with Gasteiger partial charge in [0.2, 0.25) is 5.91 Å². The van der Waals surface area contributed by atoms with Crippen molar-refractivity contribution in [1.29, 1.82) is 0 Å². The van der Waals surface area contributed by atoms with Crippen molar-refractivity contribution in [3.8, 4) is 5.75 Å². The molecule has 0 aliphatic rings. The van der Waals surface area contributed by atoms with Crippen LogP contribution in [-0.2, 0) is 16.0 Å². The monoisotopic (exact) mass is 404 g/mol. The molecule has 1 aromatic heterocycles. The first kappa shape index (κ1) is 19.6.